The summed E-state index contributed by atoms with van der Waals surface area (Å²) in [5.41, 5.74) is 1.57. The van der Waals surface area contributed by atoms with Crippen molar-refractivity contribution >= 4 is 0 Å². The maximum atomic E-state index is 11.7. The molecule has 0 bridgehead atoms. The van der Waals surface area contributed by atoms with Crippen LogP contribution in [0.4, 0.5) is 0 Å². The Morgan fingerprint density at radius 3 is 2.74 bits per heavy atom. The van der Waals surface area contributed by atoms with E-state index < -0.39 is 0 Å². The van der Waals surface area contributed by atoms with Gasteiger partial charge in [-0.15, -0.1) is 0 Å². The fraction of sp³-hybridized carbons (Fsp3) is 0.714. The Hall–Kier alpha value is -1.20. The van der Waals surface area contributed by atoms with Crippen molar-refractivity contribution in [1.29, 1.82) is 0 Å². The summed E-state index contributed by atoms with van der Waals surface area (Å²) >= 11 is 0. The third-order valence-corrected chi connectivity index (χ3v) is 2.81. The number of nitrogens with one attached hydrogen (secondary N) is 1. The van der Waals surface area contributed by atoms with E-state index in [1.807, 2.05) is 33.8 Å². The van der Waals surface area contributed by atoms with Crippen molar-refractivity contribution in [3.63, 3.8) is 0 Å². The Kier molecular flexibility index (Phi) is 6.73. The molecule has 0 spiro atoms. The van der Waals surface area contributed by atoms with Gasteiger partial charge in [0.15, 0.2) is 0 Å². The molecule has 0 aromatic carbocycles. The Balaban J connectivity index is 2.25. The second-order valence-corrected chi connectivity index (χ2v) is 5.00. The van der Waals surface area contributed by atoms with Crippen LogP contribution in [0.3, 0.4) is 0 Å². The molecule has 108 valence electrons. The molecule has 0 aliphatic carbocycles. The van der Waals surface area contributed by atoms with E-state index in [0.29, 0.717) is 12.6 Å². The molecule has 0 fully saturated rings. The number of nitrogens with zero attached hydrogens (tertiary/aromatic N) is 2. The number of aromatic nitrogens is 2. The SMILES string of the molecule is Cc1cc(C)n(CCNCCCOC(C)C)c(=O)n1. The second kappa shape index (κ2) is 8.07. The van der Waals surface area contributed by atoms with Gasteiger partial charge in [0.05, 0.1) is 6.10 Å². The van der Waals surface area contributed by atoms with Gasteiger partial charge in [0.25, 0.3) is 0 Å². The minimum absolute atomic E-state index is 0.164. The van der Waals surface area contributed by atoms with Crippen LogP contribution in [0.5, 0.6) is 0 Å². The summed E-state index contributed by atoms with van der Waals surface area (Å²) in [7, 11) is 0. The first-order valence-corrected chi connectivity index (χ1v) is 6.88. The number of aryl methyl sites for hydroxylation is 2. The zero-order valence-electron chi connectivity index (χ0n) is 12.4. The predicted octanol–water partition coefficient (Wildman–Crippen LogP) is 1.26. The highest BCUT2D eigenvalue weighted by Gasteiger charge is 2.02. The number of hydrogen-bond acceptors (Lipinski definition) is 4. The summed E-state index contributed by atoms with van der Waals surface area (Å²) in [6, 6.07) is 1.93. The molecule has 0 aliphatic rings. The Bertz CT molecular complexity index is 441. The lowest BCUT2D eigenvalue weighted by Crippen LogP contribution is -2.31. The molecule has 0 aliphatic heterocycles. The molecule has 0 saturated carbocycles. The highest BCUT2D eigenvalue weighted by Crippen LogP contribution is 1.96. The van der Waals surface area contributed by atoms with Crippen molar-refractivity contribution in [2.45, 2.75) is 46.8 Å². The quantitative estimate of drug-likeness (QED) is 0.721. The van der Waals surface area contributed by atoms with E-state index >= 15 is 0 Å². The van der Waals surface area contributed by atoms with Crippen LogP contribution in [0.1, 0.15) is 31.7 Å². The normalized spacial score (nSPS) is 11.2. The van der Waals surface area contributed by atoms with E-state index in [0.717, 1.165) is 37.5 Å². The standard InChI is InChI=1S/C14H25N3O2/c1-11(2)19-9-5-6-15-7-8-17-13(4)10-12(3)16-14(17)18/h10-11,15H,5-9H2,1-4H3. The molecule has 5 heteroatoms. The molecule has 1 N–H and O–H groups in total. The first kappa shape index (κ1) is 15.9. The summed E-state index contributed by atoms with van der Waals surface area (Å²) in [5, 5.41) is 3.31. The van der Waals surface area contributed by atoms with E-state index in [-0.39, 0.29) is 5.69 Å². The van der Waals surface area contributed by atoms with E-state index in [2.05, 4.69) is 10.3 Å². The van der Waals surface area contributed by atoms with Gasteiger partial charge in [-0.1, -0.05) is 0 Å². The third kappa shape index (κ3) is 5.98. The van der Waals surface area contributed by atoms with Gasteiger partial charge in [0, 0.05) is 31.1 Å². The fourth-order valence-corrected chi connectivity index (χ4v) is 1.88. The van der Waals surface area contributed by atoms with Gasteiger partial charge in [-0.2, -0.15) is 4.98 Å². The minimum atomic E-state index is -0.164. The van der Waals surface area contributed by atoms with Crippen LogP contribution >= 0.6 is 0 Å². The Labute approximate surface area is 115 Å². The topological polar surface area (TPSA) is 56.2 Å². The van der Waals surface area contributed by atoms with Crippen LogP contribution in [0.2, 0.25) is 0 Å². The molecule has 5 nitrogen and oxygen atoms in total. The maximum Gasteiger partial charge on any atom is 0.347 e. The molecule has 0 radical (unpaired) electrons. The van der Waals surface area contributed by atoms with Crippen molar-refractivity contribution in [3.05, 3.63) is 27.9 Å². The van der Waals surface area contributed by atoms with Crippen molar-refractivity contribution in [1.82, 2.24) is 14.9 Å². The molecule has 0 saturated heterocycles. The second-order valence-electron chi connectivity index (χ2n) is 5.00. The fourth-order valence-electron chi connectivity index (χ4n) is 1.88. The molecular formula is C14H25N3O2. The smallest absolute Gasteiger partial charge is 0.347 e. The molecule has 1 heterocycles. The first-order chi connectivity index (χ1) is 9.00. The van der Waals surface area contributed by atoms with Gasteiger partial charge in [-0.25, -0.2) is 4.79 Å². The maximum absolute atomic E-state index is 11.7. The van der Waals surface area contributed by atoms with Gasteiger partial charge in [-0.05, 0) is 46.7 Å². The van der Waals surface area contributed by atoms with Crippen LogP contribution in [0.15, 0.2) is 10.9 Å². The lowest BCUT2D eigenvalue weighted by Gasteiger charge is -2.11. The van der Waals surface area contributed by atoms with Crippen LogP contribution in [-0.4, -0.2) is 35.4 Å². The zero-order valence-corrected chi connectivity index (χ0v) is 12.4. The third-order valence-electron chi connectivity index (χ3n) is 2.81. The van der Waals surface area contributed by atoms with Gasteiger partial charge in [0.2, 0.25) is 0 Å². The van der Waals surface area contributed by atoms with Crippen LogP contribution < -0.4 is 11.0 Å². The summed E-state index contributed by atoms with van der Waals surface area (Å²) < 4.78 is 7.15. The Morgan fingerprint density at radius 1 is 1.37 bits per heavy atom. The van der Waals surface area contributed by atoms with Gasteiger partial charge < -0.3 is 10.1 Å². The lowest BCUT2D eigenvalue weighted by molar-refractivity contribution is 0.0771. The molecular weight excluding hydrogens is 242 g/mol. The van der Waals surface area contributed by atoms with Crippen molar-refractivity contribution < 1.29 is 4.74 Å². The number of ether oxygens (including phenoxy) is 1. The van der Waals surface area contributed by atoms with Crippen molar-refractivity contribution in [3.8, 4) is 0 Å². The van der Waals surface area contributed by atoms with Gasteiger partial charge >= 0.3 is 5.69 Å². The zero-order chi connectivity index (χ0) is 14.3. The summed E-state index contributed by atoms with van der Waals surface area (Å²) in [6.45, 7) is 10.9. The largest absolute Gasteiger partial charge is 0.379 e. The molecule has 0 amide bonds. The lowest BCUT2D eigenvalue weighted by atomic mass is 10.3. The molecule has 0 atom stereocenters. The van der Waals surface area contributed by atoms with E-state index in [4.69, 9.17) is 4.74 Å². The first-order valence-electron chi connectivity index (χ1n) is 6.88. The van der Waals surface area contributed by atoms with E-state index in [1.54, 1.807) is 4.57 Å². The molecule has 1 rings (SSSR count). The average molecular weight is 267 g/mol. The van der Waals surface area contributed by atoms with Gasteiger partial charge in [0.1, 0.15) is 0 Å². The summed E-state index contributed by atoms with van der Waals surface area (Å²) in [4.78, 5) is 15.6. The van der Waals surface area contributed by atoms with Crippen LogP contribution in [0.25, 0.3) is 0 Å². The predicted molar refractivity (Wildman–Crippen MR) is 76.5 cm³/mol. The van der Waals surface area contributed by atoms with Gasteiger partial charge in [-0.3, -0.25) is 4.57 Å². The van der Waals surface area contributed by atoms with Crippen molar-refractivity contribution in [2.75, 3.05) is 19.7 Å². The number of rotatable bonds is 8. The highest BCUT2D eigenvalue weighted by molar-refractivity contribution is 5.06. The Morgan fingerprint density at radius 2 is 2.11 bits per heavy atom. The molecule has 1 aromatic heterocycles. The highest BCUT2D eigenvalue weighted by atomic mass is 16.5. The summed E-state index contributed by atoms with van der Waals surface area (Å²) in [6.07, 6.45) is 1.28. The summed E-state index contributed by atoms with van der Waals surface area (Å²) in [5.74, 6) is 0. The molecule has 0 unspecified atom stereocenters. The van der Waals surface area contributed by atoms with E-state index in [1.165, 1.54) is 0 Å². The molecule has 19 heavy (non-hydrogen) atoms. The monoisotopic (exact) mass is 267 g/mol. The van der Waals surface area contributed by atoms with Crippen molar-refractivity contribution in [2.24, 2.45) is 0 Å². The average Bonchev–Trinajstić information content (AvgIpc) is 2.30. The van der Waals surface area contributed by atoms with Crippen LogP contribution in [0, 0.1) is 13.8 Å². The van der Waals surface area contributed by atoms with E-state index in [9.17, 15) is 4.79 Å². The van der Waals surface area contributed by atoms with Crippen LogP contribution in [-0.2, 0) is 11.3 Å². The number of hydrogen-bond donors (Lipinski definition) is 1. The molecule has 1 aromatic rings. The minimum Gasteiger partial charge on any atom is -0.379 e.